The Morgan fingerprint density at radius 1 is 1.24 bits per heavy atom. The molecule has 2 aliphatic heterocycles. The normalized spacial score (nSPS) is 25.8. The largest absolute Gasteiger partial charge is 0.325 e. The second kappa shape index (κ2) is 4.73. The van der Waals surface area contributed by atoms with Crippen LogP contribution in [-0.2, 0) is 9.59 Å². The van der Waals surface area contributed by atoms with Crippen molar-refractivity contribution in [1.29, 1.82) is 0 Å². The van der Waals surface area contributed by atoms with Crippen LogP contribution in [0, 0.1) is 0 Å². The van der Waals surface area contributed by atoms with E-state index >= 15 is 0 Å². The zero-order chi connectivity index (χ0) is 12.4. The highest BCUT2D eigenvalue weighted by atomic mass is 16.2. The van der Waals surface area contributed by atoms with E-state index in [0.717, 1.165) is 32.4 Å². The van der Waals surface area contributed by atoms with Gasteiger partial charge in [-0.2, -0.15) is 0 Å². The zero-order valence-electron chi connectivity index (χ0n) is 9.94. The Morgan fingerprint density at radius 3 is 2.53 bits per heavy atom. The van der Waals surface area contributed by atoms with Gasteiger partial charge in [0.25, 0.3) is 0 Å². The summed E-state index contributed by atoms with van der Waals surface area (Å²) in [6.07, 6.45) is 3.13. The highest BCUT2D eigenvalue weighted by Gasteiger charge is 2.35. The molecule has 1 atom stereocenters. The first-order chi connectivity index (χ1) is 8.09. The number of nitrogens with zero attached hydrogens (tertiary/aromatic N) is 2. The zero-order valence-corrected chi connectivity index (χ0v) is 9.94. The number of imide groups is 1. The fourth-order valence-electron chi connectivity index (χ4n) is 2.21. The Bertz CT molecular complexity index is 350. The van der Waals surface area contributed by atoms with Gasteiger partial charge in [-0.25, -0.2) is 4.79 Å². The van der Waals surface area contributed by atoms with Crippen LogP contribution in [0.5, 0.6) is 0 Å². The number of piperazine rings is 1. The third-order valence-corrected chi connectivity index (χ3v) is 3.30. The van der Waals surface area contributed by atoms with Gasteiger partial charge in [0.15, 0.2) is 0 Å². The molecule has 2 aliphatic rings. The average Bonchev–Trinajstić information content (AvgIpc) is 2.34. The predicted octanol–water partition coefficient (Wildman–Crippen LogP) is -0.0608. The molecule has 0 aliphatic carbocycles. The standard InChI is InChI=1S/C11H17N3O3/c1-8-10(16)12-9(15)7-14(8)11(17)13-5-3-2-4-6-13/h8H,2-7H2,1H3,(H,12,15,16). The SMILES string of the molecule is CC1C(=O)NC(=O)CN1C(=O)N1CCCCC1. The Morgan fingerprint density at radius 2 is 1.88 bits per heavy atom. The van der Waals surface area contributed by atoms with Crippen LogP contribution in [0.4, 0.5) is 4.79 Å². The van der Waals surface area contributed by atoms with Crippen LogP contribution < -0.4 is 5.32 Å². The van der Waals surface area contributed by atoms with Crippen molar-refractivity contribution >= 4 is 17.8 Å². The monoisotopic (exact) mass is 239 g/mol. The quantitative estimate of drug-likeness (QED) is 0.602. The molecule has 2 rings (SSSR count). The molecule has 2 heterocycles. The van der Waals surface area contributed by atoms with Crippen LogP contribution in [0.25, 0.3) is 0 Å². The van der Waals surface area contributed by atoms with Crippen LogP contribution in [0.15, 0.2) is 0 Å². The van der Waals surface area contributed by atoms with E-state index in [0.29, 0.717) is 0 Å². The summed E-state index contributed by atoms with van der Waals surface area (Å²) >= 11 is 0. The number of hydrogen-bond acceptors (Lipinski definition) is 3. The predicted molar refractivity (Wildman–Crippen MR) is 60.1 cm³/mol. The fourth-order valence-corrected chi connectivity index (χ4v) is 2.21. The van der Waals surface area contributed by atoms with Crippen molar-refractivity contribution < 1.29 is 14.4 Å². The highest BCUT2D eigenvalue weighted by Crippen LogP contribution is 2.14. The van der Waals surface area contributed by atoms with Crippen molar-refractivity contribution in [3.05, 3.63) is 0 Å². The van der Waals surface area contributed by atoms with Crippen LogP contribution in [0.2, 0.25) is 0 Å². The second-order valence-electron chi connectivity index (χ2n) is 4.55. The average molecular weight is 239 g/mol. The molecular weight excluding hydrogens is 222 g/mol. The number of amides is 4. The molecule has 0 radical (unpaired) electrons. The number of urea groups is 1. The van der Waals surface area contributed by atoms with E-state index < -0.39 is 17.9 Å². The summed E-state index contributed by atoms with van der Waals surface area (Å²) in [5.74, 6) is -0.801. The van der Waals surface area contributed by atoms with Crippen LogP contribution in [0.3, 0.4) is 0 Å². The van der Waals surface area contributed by atoms with E-state index in [4.69, 9.17) is 0 Å². The van der Waals surface area contributed by atoms with E-state index in [2.05, 4.69) is 5.32 Å². The number of nitrogens with one attached hydrogen (secondary N) is 1. The molecule has 6 nitrogen and oxygen atoms in total. The van der Waals surface area contributed by atoms with Gasteiger partial charge in [-0.3, -0.25) is 14.9 Å². The van der Waals surface area contributed by atoms with Crippen molar-refractivity contribution in [2.24, 2.45) is 0 Å². The lowest BCUT2D eigenvalue weighted by atomic mass is 10.1. The van der Waals surface area contributed by atoms with Gasteiger partial charge in [0, 0.05) is 13.1 Å². The number of likely N-dealkylation sites (tertiary alicyclic amines) is 1. The van der Waals surface area contributed by atoms with Crippen molar-refractivity contribution in [3.63, 3.8) is 0 Å². The molecule has 0 spiro atoms. The smallest absolute Gasteiger partial charge is 0.321 e. The minimum absolute atomic E-state index is 0.0256. The maximum absolute atomic E-state index is 12.2. The molecule has 17 heavy (non-hydrogen) atoms. The van der Waals surface area contributed by atoms with Crippen molar-refractivity contribution in [2.75, 3.05) is 19.6 Å². The van der Waals surface area contributed by atoms with E-state index in [-0.39, 0.29) is 12.6 Å². The summed E-state index contributed by atoms with van der Waals surface area (Å²) in [6.45, 7) is 3.06. The lowest BCUT2D eigenvalue weighted by molar-refractivity contribution is -0.138. The van der Waals surface area contributed by atoms with Crippen molar-refractivity contribution in [3.8, 4) is 0 Å². The Labute approximate surface area is 99.9 Å². The Kier molecular flexibility index (Phi) is 3.31. The summed E-state index contributed by atoms with van der Waals surface area (Å²) in [6, 6.07) is -0.762. The summed E-state index contributed by atoms with van der Waals surface area (Å²) in [5, 5.41) is 2.23. The molecule has 1 N–H and O–H groups in total. The molecule has 0 aromatic heterocycles. The Hall–Kier alpha value is -1.59. The van der Waals surface area contributed by atoms with E-state index in [9.17, 15) is 14.4 Å². The molecule has 94 valence electrons. The highest BCUT2D eigenvalue weighted by molar-refractivity contribution is 6.03. The maximum Gasteiger partial charge on any atom is 0.321 e. The van der Waals surface area contributed by atoms with E-state index in [1.807, 2.05) is 0 Å². The second-order valence-corrected chi connectivity index (χ2v) is 4.55. The maximum atomic E-state index is 12.2. The first-order valence-corrected chi connectivity index (χ1v) is 5.99. The van der Waals surface area contributed by atoms with Gasteiger partial charge in [-0.05, 0) is 26.2 Å². The first-order valence-electron chi connectivity index (χ1n) is 5.99. The number of piperidine rings is 1. The van der Waals surface area contributed by atoms with Gasteiger partial charge in [-0.15, -0.1) is 0 Å². The molecule has 0 aromatic carbocycles. The van der Waals surface area contributed by atoms with Crippen molar-refractivity contribution in [1.82, 2.24) is 15.1 Å². The molecule has 0 aromatic rings. The minimum Gasteiger partial charge on any atom is -0.325 e. The van der Waals surface area contributed by atoms with E-state index in [1.54, 1.807) is 11.8 Å². The summed E-state index contributed by atoms with van der Waals surface area (Å²) in [5.41, 5.74) is 0. The lowest BCUT2D eigenvalue weighted by Crippen LogP contribution is -2.61. The topological polar surface area (TPSA) is 69.7 Å². The molecule has 4 amide bonds. The van der Waals surface area contributed by atoms with Gasteiger partial charge in [0.1, 0.15) is 12.6 Å². The minimum atomic E-state index is -0.567. The number of carbonyl (C=O) groups excluding carboxylic acids is 3. The summed E-state index contributed by atoms with van der Waals surface area (Å²) in [4.78, 5) is 38.0. The number of carbonyl (C=O) groups is 3. The molecule has 2 fully saturated rings. The molecule has 0 saturated carbocycles. The molecular formula is C11H17N3O3. The first kappa shape index (κ1) is 11.9. The summed E-state index contributed by atoms with van der Waals surface area (Å²) < 4.78 is 0. The van der Waals surface area contributed by atoms with Gasteiger partial charge in [0.05, 0.1) is 0 Å². The molecule has 6 heteroatoms. The lowest BCUT2D eigenvalue weighted by Gasteiger charge is -2.37. The molecule has 1 unspecified atom stereocenters. The van der Waals surface area contributed by atoms with Gasteiger partial charge in [-0.1, -0.05) is 0 Å². The Balaban J connectivity index is 2.06. The third kappa shape index (κ3) is 2.40. The van der Waals surface area contributed by atoms with Crippen LogP contribution in [0.1, 0.15) is 26.2 Å². The van der Waals surface area contributed by atoms with Gasteiger partial charge < -0.3 is 9.80 Å². The number of rotatable bonds is 0. The third-order valence-electron chi connectivity index (χ3n) is 3.30. The van der Waals surface area contributed by atoms with Crippen molar-refractivity contribution in [2.45, 2.75) is 32.2 Å². The van der Waals surface area contributed by atoms with Crippen LogP contribution >= 0.6 is 0 Å². The van der Waals surface area contributed by atoms with Crippen LogP contribution in [-0.4, -0.2) is 53.3 Å². The molecule has 2 saturated heterocycles. The fraction of sp³-hybridized carbons (Fsp3) is 0.727. The van der Waals surface area contributed by atoms with Gasteiger partial charge >= 0.3 is 6.03 Å². The molecule has 0 bridgehead atoms. The van der Waals surface area contributed by atoms with E-state index in [1.165, 1.54) is 4.90 Å². The van der Waals surface area contributed by atoms with Gasteiger partial charge in [0.2, 0.25) is 11.8 Å². The number of hydrogen-bond donors (Lipinski definition) is 1. The summed E-state index contributed by atoms with van der Waals surface area (Å²) in [7, 11) is 0.